The lowest BCUT2D eigenvalue weighted by molar-refractivity contribution is -0.258. The smallest absolute Gasteiger partial charge is 0.333 e. The van der Waals surface area contributed by atoms with Gasteiger partial charge in [-0.3, -0.25) is 14.4 Å². The van der Waals surface area contributed by atoms with E-state index in [1.54, 1.807) is 26.8 Å². The summed E-state index contributed by atoms with van der Waals surface area (Å²) >= 11 is 0. The van der Waals surface area contributed by atoms with Gasteiger partial charge in [0.05, 0.1) is 17.9 Å². The van der Waals surface area contributed by atoms with E-state index < -0.39 is 70.5 Å². The van der Waals surface area contributed by atoms with Crippen LogP contribution in [-0.2, 0) is 52.4 Å². The summed E-state index contributed by atoms with van der Waals surface area (Å²) < 4.78 is 35.7. The Bertz CT molecular complexity index is 1260. The van der Waals surface area contributed by atoms with Gasteiger partial charge in [0.15, 0.2) is 0 Å². The van der Waals surface area contributed by atoms with Gasteiger partial charge in [0, 0.05) is 37.0 Å². The molecule has 250 valence electrons. The lowest BCUT2D eigenvalue weighted by Crippen LogP contribution is -2.71. The Morgan fingerprint density at radius 1 is 1.13 bits per heavy atom. The second kappa shape index (κ2) is 13.3. The van der Waals surface area contributed by atoms with Gasteiger partial charge in [-0.15, -0.1) is 0 Å². The Labute approximate surface area is 265 Å². The normalized spacial score (nSPS) is 35.3. The van der Waals surface area contributed by atoms with Gasteiger partial charge in [-0.25, -0.2) is 9.59 Å². The average Bonchev–Trinajstić information content (AvgIpc) is 3.64. The Balaban J connectivity index is 1.90. The molecule has 2 aliphatic carbocycles. The Hall–Kier alpha value is -3.21. The van der Waals surface area contributed by atoms with E-state index in [0.717, 1.165) is 0 Å². The first-order chi connectivity index (χ1) is 21.1. The van der Waals surface area contributed by atoms with E-state index in [4.69, 9.17) is 28.4 Å². The highest BCUT2D eigenvalue weighted by Gasteiger charge is 2.77. The van der Waals surface area contributed by atoms with Gasteiger partial charge in [0.1, 0.15) is 37.1 Å². The first-order valence-corrected chi connectivity index (χ1v) is 16.0. The van der Waals surface area contributed by atoms with Crippen molar-refractivity contribution < 1.29 is 52.4 Å². The highest BCUT2D eigenvalue weighted by atomic mass is 16.6. The second-order valence-corrected chi connectivity index (χ2v) is 13.5. The van der Waals surface area contributed by atoms with Crippen molar-refractivity contribution in [2.45, 2.75) is 111 Å². The number of carbonyl (C=O) groups excluding carboxylic acids is 5. The van der Waals surface area contributed by atoms with E-state index in [2.05, 4.69) is 6.92 Å². The van der Waals surface area contributed by atoms with Crippen molar-refractivity contribution in [3.05, 3.63) is 23.3 Å². The van der Waals surface area contributed by atoms with Crippen LogP contribution in [0.5, 0.6) is 0 Å². The molecule has 45 heavy (non-hydrogen) atoms. The molecule has 3 fully saturated rings. The molecular weight excluding hydrogens is 584 g/mol. The molecule has 0 unspecified atom stereocenters. The number of hydrogen-bond acceptors (Lipinski definition) is 11. The minimum Gasteiger partial charge on any atom is -0.465 e. The fourth-order valence-corrected chi connectivity index (χ4v) is 7.84. The Morgan fingerprint density at radius 2 is 1.82 bits per heavy atom. The first-order valence-electron chi connectivity index (χ1n) is 16.0. The third-order valence-corrected chi connectivity index (χ3v) is 10.9. The van der Waals surface area contributed by atoms with E-state index >= 15 is 0 Å². The molecule has 11 nitrogen and oxygen atoms in total. The molecule has 4 rings (SSSR count). The van der Waals surface area contributed by atoms with Crippen molar-refractivity contribution in [1.29, 1.82) is 0 Å². The molecule has 0 aromatic rings. The zero-order valence-corrected chi connectivity index (χ0v) is 27.8. The van der Waals surface area contributed by atoms with Crippen molar-refractivity contribution in [2.24, 2.45) is 28.6 Å². The van der Waals surface area contributed by atoms with Crippen LogP contribution in [0.2, 0.25) is 0 Å². The summed E-state index contributed by atoms with van der Waals surface area (Å²) in [4.78, 5) is 63.6. The van der Waals surface area contributed by atoms with Crippen LogP contribution in [-0.4, -0.2) is 73.6 Å². The number of fused-ring (bicyclic) bond motifs is 2. The number of hydrogen-bond donors (Lipinski definition) is 0. The Morgan fingerprint density at radius 3 is 2.36 bits per heavy atom. The Kier molecular flexibility index (Phi) is 10.2. The van der Waals surface area contributed by atoms with Crippen LogP contribution in [0.4, 0.5) is 0 Å². The monoisotopic (exact) mass is 632 g/mol. The molecule has 1 spiro atoms. The van der Waals surface area contributed by atoms with Crippen LogP contribution in [0, 0.1) is 28.6 Å². The quantitative estimate of drug-likeness (QED) is 0.138. The second-order valence-electron chi connectivity index (χ2n) is 13.5. The number of rotatable bonds is 11. The molecular formula is C34H48O11. The predicted molar refractivity (Wildman–Crippen MR) is 160 cm³/mol. The molecule has 2 aliphatic heterocycles. The molecule has 0 radical (unpaired) electrons. The number of epoxide rings is 1. The van der Waals surface area contributed by atoms with E-state index in [1.807, 2.05) is 13.8 Å². The van der Waals surface area contributed by atoms with E-state index in [1.165, 1.54) is 19.9 Å². The summed E-state index contributed by atoms with van der Waals surface area (Å²) in [5, 5.41) is 0. The highest BCUT2D eigenvalue weighted by molar-refractivity contribution is 5.88. The van der Waals surface area contributed by atoms with E-state index in [0.29, 0.717) is 43.4 Å². The van der Waals surface area contributed by atoms with Crippen molar-refractivity contribution in [1.82, 2.24) is 0 Å². The average molecular weight is 633 g/mol. The maximum atomic E-state index is 13.3. The molecule has 9 atom stereocenters. The molecule has 0 aromatic carbocycles. The lowest BCUT2D eigenvalue weighted by atomic mass is 9.42. The minimum absolute atomic E-state index is 0.00692. The maximum absolute atomic E-state index is 13.3. The van der Waals surface area contributed by atoms with Crippen LogP contribution in [0.15, 0.2) is 23.3 Å². The molecule has 2 heterocycles. The highest BCUT2D eigenvalue weighted by Crippen LogP contribution is 2.70. The summed E-state index contributed by atoms with van der Waals surface area (Å²) in [6.07, 6.45) is 3.04. The molecule has 11 heteroatoms. The van der Waals surface area contributed by atoms with Gasteiger partial charge >= 0.3 is 29.8 Å². The van der Waals surface area contributed by atoms with Crippen molar-refractivity contribution in [2.75, 3.05) is 19.8 Å². The van der Waals surface area contributed by atoms with Gasteiger partial charge in [-0.1, -0.05) is 33.8 Å². The van der Waals surface area contributed by atoms with Crippen LogP contribution in [0.1, 0.15) is 87.5 Å². The minimum atomic E-state index is -1.08. The molecule has 4 aliphatic rings. The van der Waals surface area contributed by atoms with Gasteiger partial charge in [0.2, 0.25) is 0 Å². The zero-order chi connectivity index (χ0) is 33.3. The zero-order valence-electron chi connectivity index (χ0n) is 27.8. The third kappa shape index (κ3) is 6.55. The summed E-state index contributed by atoms with van der Waals surface area (Å²) in [6.45, 7) is 14.1. The van der Waals surface area contributed by atoms with Crippen molar-refractivity contribution in [3.63, 3.8) is 0 Å². The third-order valence-electron chi connectivity index (χ3n) is 10.9. The SMILES string of the molecule is CC=C(C)C(=O)O[C@@H]1CC[C@]2(CO2)[C@]2(COC(C)=O)[C@@H](OC(C)=O)C[C@@H](C)[C@](C)(C[C@H](OC(=O)[C@@H](C)CC)C3=CC(=O)OC3)[C@@H]12. The van der Waals surface area contributed by atoms with Crippen molar-refractivity contribution >= 4 is 29.8 Å². The fraction of sp³-hybridized carbons (Fsp3) is 0.735. The van der Waals surface area contributed by atoms with Crippen LogP contribution >= 0.6 is 0 Å². The molecule has 0 amide bonds. The number of cyclic esters (lactones) is 1. The van der Waals surface area contributed by atoms with Crippen LogP contribution < -0.4 is 0 Å². The largest absolute Gasteiger partial charge is 0.465 e. The number of carbonyl (C=O) groups is 5. The standard InChI is InChI=1S/C34H48O11/c1-9-19(3)30(38)44-25-11-12-33(17-42-33)34(18-41-22(6)35)27(43-23(7)36)13-21(5)32(8,29(25)34)15-26(24-14-28(37)40-16-24)45-31(39)20(4)10-2/h9,14,20-21,25-27,29H,10-13,15-18H2,1-8H3/t20-,21+,25+,26-,27-,29+,32-,33-,34+/m0/s1. The molecule has 0 N–H and O–H groups in total. The van der Waals surface area contributed by atoms with Gasteiger partial charge in [-0.05, 0) is 57.3 Å². The number of allylic oxidation sites excluding steroid dienone is 1. The van der Waals surface area contributed by atoms with Gasteiger partial charge in [0.25, 0.3) is 0 Å². The first kappa shape index (κ1) is 34.7. The van der Waals surface area contributed by atoms with Gasteiger partial charge in [-0.2, -0.15) is 0 Å². The lowest BCUT2D eigenvalue weighted by Gasteiger charge is -2.64. The summed E-state index contributed by atoms with van der Waals surface area (Å²) in [5.41, 5.74) is -1.65. The van der Waals surface area contributed by atoms with Crippen LogP contribution in [0.3, 0.4) is 0 Å². The molecule has 0 aromatic heterocycles. The molecule has 0 bridgehead atoms. The molecule has 1 saturated heterocycles. The summed E-state index contributed by atoms with van der Waals surface area (Å²) in [7, 11) is 0. The summed E-state index contributed by atoms with van der Waals surface area (Å²) in [6, 6.07) is 0. The number of ether oxygens (including phenoxy) is 6. The van der Waals surface area contributed by atoms with E-state index in [-0.39, 0.29) is 31.5 Å². The maximum Gasteiger partial charge on any atom is 0.333 e. The van der Waals surface area contributed by atoms with Crippen molar-refractivity contribution in [3.8, 4) is 0 Å². The van der Waals surface area contributed by atoms with Gasteiger partial charge < -0.3 is 28.4 Å². The number of esters is 5. The summed E-state index contributed by atoms with van der Waals surface area (Å²) in [5.74, 6) is -3.46. The molecule has 2 saturated carbocycles. The van der Waals surface area contributed by atoms with Crippen LogP contribution in [0.25, 0.3) is 0 Å². The fourth-order valence-electron chi connectivity index (χ4n) is 7.84. The van der Waals surface area contributed by atoms with E-state index in [9.17, 15) is 24.0 Å². The predicted octanol–water partition coefficient (Wildman–Crippen LogP) is 4.40. The topological polar surface area (TPSA) is 144 Å².